The number of carbonyl (C=O) groups excluding carboxylic acids is 1. The van der Waals surface area contributed by atoms with Crippen LogP contribution in [0.3, 0.4) is 0 Å². The third-order valence-electron chi connectivity index (χ3n) is 4.50. The van der Waals surface area contributed by atoms with Gasteiger partial charge in [0, 0.05) is 10.8 Å². The summed E-state index contributed by atoms with van der Waals surface area (Å²) in [6.07, 6.45) is 1.60. The van der Waals surface area contributed by atoms with Crippen LogP contribution in [0.5, 0.6) is 0 Å². The Kier molecular flexibility index (Phi) is 5.92. The van der Waals surface area contributed by atoms with E-state index in [0.717, 1.165) is 16.8 Å². The Morgan fingerprint density at radius 2 is 2.03 bits per heavy atom. The highest BCUT2D eigenvalue weighted by molar-refractivity contribution is 7.98. The van der Waals surface area contributed by atoms with E-state index in [-0.39, 0.29) is 5.97 Å². The molecule has 0 N–H and O–H groups in total. The highest BCUT2D eigenvalue weighted by atomic mass is 35.5. The Balaban J connectivity index is 1.71. The summed E-state index contributed by atoms with van der Waals surface area (Å²) in [5, 5.41) is 10.1. The number of benzene rings is 2. The zero-order valence-corrected chi connectivity index (χ0v) is 17.9. The Morgan fingerprint density at radius 1 is 1.17 bits per heavy atom. The SMILES string of the molecule is COC(=O)c1cccc(CSc2nnc(-c3ccco3)n2-c2cc(Cl)ccc2C)c1. The molecule has 0 bridgehead atoms. The number of nitrogens with zero attached hydrogens (tertiary/aromatic N) is 3. The van der Waals surface area contributed by atoms with Gasteiger partial charge in [0.2, 0.25) is 5.82 Å². The van der Waals surface area contributed by atoms with Gasteiger partial charge in [-0.3, -0.25) is 4.57 Å². The van der Waals surface area contributed by atoms with Crippen LogP contribution in [-0.2, 0) is 10.5 Å². The number of esters is 1. The van der Waals surface area contributed by atoms with E-state index in [0.29, 0.717) is 33.1 Å². The molecule has 8 heteroatoms. The Hall–Kier alpha value is -3.03. The van der Waals surface area contributed by atoms with Gasteiger partial charge in [0.1, 0.15) is 0 Å². The van der Waals surface area contributed by atoms with E-state index in [9.17, 15) is 4.79 Å². The minimum atomic E-state index is -0.361. The number of rotatable bonds is 6. The zero-order valence-electron chi connectivity index (χ0n) is 16.3. The van der Waals surface area contributed by atoms with Gasteiger partial charge >= 0.3 is 5.97 Å². The van der Waals surface area contributed by atoms with E-state index in [1.165, 1.54) is 18.9 Å². The van der Waals surface area contributed by atoms with Crippen LogP contribution in [0.15, 0.2) is 70.4 Å². The maximum absolute atomic E-state index is 11.8. The molecule has 0 spiro atoms. The normalized spacial score (nSPS) is 10.9. The average Bonchev–Trinajstić information content (AvgIpc) is 3.43. The van der Waals surface area contributed by atoms with Gasteiger partial charge in [-0.1, -0.05) is 41.6 Å². The third-order valence-corrected chi connectivity index (χ3v) is 5.74. The number of carbonyl (C=O) groups is 1. The molecule has 0 amide bonds. The molecule has 152 valence electrons. The number of hydrogen-bond donors (Lipinski definition) is 0. The van der Waals surface area contributed by atoms with Gasteiger partial charge in [-0.05, 0) is 54.4 Å². The first kappa shape index (κ1) is 20.3. The van der Waals surface area contributed by atoms with Gasteiger partial charge < -0.3 is 9.15 Å². The smallest absolute Gasteiger partial charge is 0.337 e. The number of thioether (sulfide) groups is 1. The van der Waals surface area contributed by atoms with E-state index < -0.39 is 0 Å². The van der Waals surface area contributed by atoms with Crippen molar-refractivity contribution in [3.8, 4) is 17.3 Å². The van der Waals surface area contributed by atoms with Gasteiger partial charge in [0.15, 0.2) is 10.9 Å². The van der Waals surface area contributed by atoms with Crippen LogP contribution in [-0.4, -0.2) is 27.8 Å². The van der Waals surface area contributed by atoms with Crippen molar-refractivity contribution in [2.24, 2.45) is 0 Å². The average molecular weight is 440 g/mol. The third kappa shape index (κ3) is 4.13. The fraction of sp³-hybridized carbons (Fsp3) is 0.136. The van der Waals surface area contributed by atoms with Crippen molar-refractivity contribution < 1.29 is 13.9 Å². The second kappa shape index (κ2) is 8.77. The van der Waals surface area contributed by atoms with Crippen LogP contribution in [0, 0.1) is 6.92 Å². The molecular weight excluding hydrogens is 422 g/mol. The molecule has 0 atom stereocenters. The minimum Gasteiger partial charge on any atom is -0.465 e. The van der Waals surface area contributed by atoms with Gasteiger partial charge in [-0.15, -0.1) is 10.2 Å². The van der Waals surface area contributed by atoms with Crippen LogP contribution in [0.1, 0.15) is 21.5 Å². The Morgan fingerprint density at radius 3 is 2.80 bits per heavy atom. The number of aromatic nitrogens is 3. The summed E-state index contributed by atoms with van der Waals surface area (Å²) in [4.78, 5) is 11.8. The molecule has 0 saturated carbocycles. The first-order valence-electron chi connectivity index (χ1n) is 9.12. The Labute approximate surface area is 182 Å². The van der Waals surface area contributed by atoms with Gasteiger partial charge in [0.05, 0.1) is 24.6 Å². The predicted molar refractivity (Wildman–Crippen MR) is 116 cm³/mol. The molecule has 0 aliphatic rings. The van der Waals surface area contributed by atoms with Crippen LogP contribution in [0.25, 0.3) is 17.3 Å². The largest absolute Gasteiger partial charge is 0.465 e. The molecule has 0 saturated heterocycles. The predicted octanol–water partition coefficient (Wildman–Crippen LogP) is 5.57. The highest BCUT2D eigenvalue weighted by Crippen LogP contribution is 2.32. The number of aryl methyl sites for hydroxylation is 1. The lowest BCUT2D eigenvalue weighted by Gasteiger charge is -2.12. The van der Waals surface area contributed by atoms with E-state index >= 15 is 0 Å². The van der Waals surface area contributed by atoms with Gasteiger partial charge in [-0.2, -0.15) is 0 Å². The van der Waals surface area contributed by atoms with Gasteiger partial charge in [0.25, 0.3) is 0 Å². The molecule has 6 nitrogen and oxygen atoms in total. The maximum atomic E-state index is 11.8. The van der Waals surface area contributed by atoms with Crippen LogP contribution in [0.2, 0.25) is 5.02 Å². The lowest BCUT2D eigenvalue weighted by Crippen LogP contribution is -2.03. The quantitative estimate of drug-likeness (QED) is 0.289. The first-order valence-corrected chi connectivity index (χ1v) is 10.5. The molecule has 4 rings (SSSR count). The van der Waals surface area contributed by atoms with Crippen LogP contribution < -0.4 is 0 Å². The lowest BCUT2D eigenvalue weighted by molar-refractivity contribution is 0.0600. The summed E-state index contributed by atoms with van der Waals surface area (Å²) in [7, 11) is 1.37. The van der Waals surface area contributed by atoms with Crippen molar-refractivity contribution in [1.29, 1.82) is 0 Å². The van der Waals surface area contributed by atoms with Crippen molar-refractivity contribution in [3.63, 3.8) is 0 Å². The number of halogens is 1. The monoisotopic (exact) mass is 439 g/mol. The summed E-state index contributed by atoms with van der Waals surface area (Å²) in [6.45, 7) is 2.01. The molecule has 30 heavy (non-hydrogen) atoms. The van der Waals surface area contributed by atoms with E-state index in [1.807, 2.05) is 60.0 Å². The molecule has 0 aliphatic heterocycles. The van der Waals surface area contributed by atoms with Crippen molar-refractivity contribution >= 4 is 29.3 Å². The van der Waals surface area contributed by atoms with Crippen molar-refractivity contribution in [2.75, 3.05) is 7.11 Å². The molecular formula is C22H18ClN3O3S. The molecule has 2 aromatic carbocycles. The molecule has 0 fully saturated rings. The van der Waals surface area contributed by atoms with Crippen molar-refractivity contribution in [2.45, 2.75) is 17.8 Å². The topological polar surface area (TPSA) is 70.2 Å². The fourth-order valence-corrected chi connectivity index (χ4v) is 4.08. The molecule has 0 radical (unpaired) electrons. The first-order chi connectivity index (χ1) is 14.6. The number of furan rings is 1. The maximum Gasteiger partial charge on any atom is 0.337 e. The standard InChI is InChI=1S/C22H18ClN3O3S/c1-14-8-9-17(23)12-18(14)26-20(19-7-4-10-29-19)24-25-22(26)30-13-15-5-3-6-16(11-15)21(27)28-2/h3-12H,13H2,1-2H3. The van der Waals surface area contributed by atoms with E-state index in [4.69, 9.17) is 20.8 Å². The summed E-state index contributed by atoms with van der Waals surface area (Å²) in [6, 6.07) is 16.7. The zero-order chi connectivity index (χ0) is 21.1. The minimum absolute atomic E-state index is 0.361. The van der Waals surface area contributed by atoms with Crippen molar-refractivity contribution in [3.05, 3.63) is 82.6 Å². The molecule has 0 aliphatic carbocycles. The van der Waals surface area contributed by atoms with Crippen molar-refractivity contribution in [1.82, 2.24) is 14.8 Å². The number of hydrogen-bond acceptors (Lipinski definition) is 6. The number of methoxy groups -OCH3 is 1. The number of ether oxygens (including phenoxy) is 1. The lowest BCUT2D eigenvalue weighted by atomic mass is 10.1. The van der Waals surface area contributed by atoms with Crippen LogP contribution in [0.4, 0.5) is 0 Å². The van der Waals surface area contributed by atoms with E-state index in [1.54, 1.807) is 12.3 Å². The van der Waals surface area contributed by atoms with Gasteiger partial charge in [-0.25, -0.2) is 4.79 Å². The van der Waals surface area contributed by atoms with Crippen LogP contribution >= 0.6 is 23.4 Å². The fourth-order valence-electron chi connectivity index (χ4n) is 3.02. The summed E-state index contributed by atoms with van der Waals surface area (Å²) >= 11 is 7.78. The second-order valence-corrected chi connectivity index (χ2v) is 7.91. The summed E-state index contributed by atoms with van der Waals surface area (Å²) in [5.41, 5.74) is 3.39. The molecule has 0 unspecified atom stereocenters. The Bertz CT molecular complexity index is 1190. The highest BCUT2D eigenvalue weighted by Gasteiger charge is 2.20. The molecule has 4 aromatic rings. The summed E-state index contributed by atoms with van der Waals surface area (Å²) < 4.78 is 12.3. The van der Waals surface area contributed by atoms with E-state index in [2.05, 4.69) is 10.2 Å². The molecule has 2 heterocycles. The summed E-state index contributed by atoms with van der Waals surface area (Å²) in [5.74, 6) is 1.44. The molecule has 2 aromatic heterocycles. The second-order valence-electron chi connectivity index (χ2n) is 6.53.